The first-order valence-corrected chi connectivity index (χ1v) is 16.5. The fourth-order valence-electron chi connectivity index (χ4n) is 4.96. The molecule has 0 bridgehead atoms. The van der Waals surface area contributed by atoms with Gasteiger partial charge in [-0.25, -0.2) is 25.5 Å². The fraction of sp³-hybridized carbons (Fsp3) is 0.125. The second-order valence-electron chi connectivity index (χ2n) is 10.3. The molecular formula is C32H29N5O4S2. The van der Waals surface area contributed by atoms with E-state index in [0.29, 0.717) is 28.7 Å². The van der Waals surface area contributed by atoms with E-state index in [-0.39, 0.29) is 22.9 Å². The molecular weight excluding hydrogens is 583 g/mol. The highest BCUT2D eigenvalue weighted by Gasteiger charge is 2.28. The predicted octanol–water partition coefficient (Wildman–Crippen LogP) is 5.22. The second kappa shape index (κ2) is 11.6. The third-order valence-electron chi connectivity index (χ3n) is 7.18. The molecule has 0 atom stereocenters. The molecule has 6 rings (SSSR count). The van der Waals surface area contributed by atoms with Gasteiger partial charge in [-0.05, 0) is 48.4 Å². The minimum Gasteiger partial charge on any atom is -0.248 e. The number of nitrogens with zero attached hydrogens (tertiary/aromatic N) is 5. The first-order valence-electron chi connectivity index (χ1n) is 13.6. The van der Waals surface area contributed by atoms with Gasteiger partial charge in [-0.1, -0.05) is 89.6 Å². The Hall–Kier alpha value is -4.58. The van der Waals surface area contributed by atoms with Crippen molar-refractivity contribution in [1.82, 2.24) is 23.3 Å². The molecule has 11 heteroatoms. The predicted molar refractivity (Wildman–Crippen MR) is 164 cm³/mol. The van der Waals surface area contributed by atoms with E-state index in [4.69, 9.17) is 0 Å². The smallest absolute Gasteiger partial charge is 0.248 e. The molecule has 0 unspecified atom stereocenters. The van der Waals surface area contributed by atoms with Crippen LogP contribution in [-0.2, 0) is 39.7 Å². The van der Waals surface area contributed by atoms with Crippen molar-refractivity contribution < 1.29 is 16.8 Å². The third-order valence-corrected chi connectivity index (χ3v) is 10.7. The normalized spacial score (nSPS) is 12.2. The van der Waals surface area contributed by atoms with Crippen molar-refractivity contribution in [3.05, 3.63) is 144 Å². The number of sulfonamides is 1. The van der Waals surface area contributed by atoms with E-state index in [2.05, 4.69) is 10.3 Å². The number of aryl methyl sites for hydroxylation is 1. The fourth-order valence-corrected chi connectivity index (χ4v) is 7.77. The Bertz CT molecular complexity index is 2090. The number of benzene rings is 4. The summed E-state index contributed by atoms with van der Waals surface area (Å²) < 4.78 is 59.6. The third kappa shape index (κ3) is 5.87. The summed E-state index contributed by atoms with van der Waals surface area (Å²) in [6.07, 6.45) is 3.24. The van der Waals surface area contributed by atoms with Crippen LogP contribution in [0.15, 0.2) is 131 Å². The Labute approximate surface area is 250 Å². The molecule has 0 spiro atoms. The topological polar surface area (TPSA) is 107 Å². The lowest BCUT2D eigenvalue weighted by Crippen LogP contribution is -2.30. The Morgan fingerprint density at radius 1 is 0.698 bits per heavy atom. The highest BCUT2D eigenvalue weighted by molar-refractivity contribution is 7.90. The first-order chi connectivity index (χ1) is 20.7. The standard InChI is InChI=1S/C32H29N5O4S2/c1-25-16-18-30(19-17-25)43(40,41)37-22-27(31-14-8-9-15-32(31)37)21-36(42(38,39)29-12-6-3-7-13-29)24-28-23-35(34-33-28)20-26-10-4-2-5-11-26/h2-19,22-23H,20-21,24H2,1H3. The molecule has 4 aromatic carbocycles. The van der Waals surface area contributed by atoms with E-state index in [1.165, 1.54) is 14.5 Å². The monoisotopic (exact) mass is 611 g/mol. The van der Waals surface area contributed by atoms with Gasteiger partial charge >= 0.3 is 0 Å². The maximum Gasteiger partial charge on any atom is 0.268 e. The van der Waals surface area contributed by atoms with Gasteiger partial charge < -0.3 is 0 Å². The maximum absolute atomic E-state index is 14.0. The van der Waals surface area contributed by atoms with Crippen LogP contribution in [0.2, 0.25) is 0 Å². The molecule has 9 nitrogen and oxygen atoms in total. The van der Waals surface area contributed by atoms with Crippen LogP contribution >= 0.6 is 0 Å². The van der Waals surface area contributed by atoms with Crippen LogP contribution in [0.5, 0.6) is 0 Å². The van der Waals surface area contributed by atoms with Gasteiger partial charge in [-0.3, -0.25) is 0 Å². The number of para-hydroxylation sites is 1. The molecule has 2 aromatic heterocycles. The Morgan fingerprint density at radius 3 is 2.07 bits per heavy atom. The SMILES string of the molecule is Cc1ccc(S(=O)(=O)n2cc(CN(Cc3cn(Cc4ccccc4)nn3)S(=O)(=O)c3ccccc3)c3ccccc32)cc1. The molecule has 0 saturated carbocycles. The second-order valence-corrected chi connectivity index (χ2v) is 14.0. The van der Waals surface area contributed by atoms with Crippen molar-refractivity contribution in [2.24, 2.45) is 0 Å². The molecule has 0 aliphatic carbocycles. The van der Waals surface area contributed by atoms with Crippen LogP contribution in [-0.4, -0.2) is 40.1 Å². The minimum absolute atomic E-state index is 0.0593. The Morgan fingerprint density at radius 2 is 1.35 bits per heavy atom. The molecule has 6 aromatic rings. The number of fused-ring (bicyclic) bond motifs is 1. The van der Waals surface area contributed by atoms with E-state index in [1.54, 1.807) is 89.7 Å². The van der Waals surface area contributed by atoms with Crippen molar-refractivity contribution in [2.75, 3.05) is 0 Å². The van der Waals surface area contributed by atoms with Crippen molar-refractivity contribution in [1.29, 1.82) is 0 Å². The van der Waals surface area contributed by atoms with Gasteiger partial charge in [0.25, 0.3) is 10.0 Å². The highest BCUT2D eigenvalue weighted by atomic mass is 32.2. The molecule has 2 heterocycles. The number of aromatic nitrogens is 4. The van der Waals surface area contributed by atoms with E-state index >= 15 is 0 Å². The summed E-state index contributed by atoms with van der Waals surface area (Å²) in [6.45, 7) is 2.24. The van der Waals surface area contributed by atoms with Crippen molar-refractivity contribution in [3.63, 3.8) is 0 Å². The molecule has 0 aliphatic rings. The zero-order chi connectivity index (χ0) is 30.0. The summed E-state index contributed by atoms with van der Waals surface area (Å²) in [7, 11) is -7.95. The van der Waals surface area contributed by atoms with Crippen molar-refractivity contribution in [3.8, 4) is 0 Å². The van der Waals surface area contributed by atoms with Gasteiger partial charge in [-0.2, -0.15) is 4.31 Å². The van der Waals surface area contributed by atoms with Gasteiger partial charge in [0, 0.05) is 18.1 Å². The lowest BCUT2D eigenvalue weighted by atomic mass is 10.2. The Kier molecular flexibility index (Phi) is 7.70. The zero-order valence-corrected chi connectivity index (χ0v) is 25.0. The summed E-state index contributed by atoms with van der Waals surface area (Å²) in [5.74, 6) is 0. The molecule has 0 radical (unpaired) electrons. The zero-order valence-electron chi connectivity index (χ0n) is 23.4. The van der Waals surface area contributed by atoms with Crippen LogP contribution in [0.3, 0.4) is 0 Å². The van der Waals surface area contributed by atoms with E-state index < -0.39 is 20.0 Å². The maximum atomic E-state index is 14.0. The molecule has 0 saturated heterocycles. The van der Waals surface area contributed by atoms with E-state index in [1.807, 2.05) is 37.3 Å². The summed E-state index contributed by atoms with van der Waals surface area (Å²) in [6, 6.07) is 31.7. The number of hydrogen-bond donors (Lipinski definition) is 0. The van der Waals surface area contributed by atoms with Crippen LogP contribution in [0.4, 0.5) is 0 Å². The first kappa shape index (κ1) is 28.5. The van der Waals surface area contributed by atoms with E-state index in [9.17, 15) is 16.8 Å². The minimum atomic E-state index is -4.00. The Balaban J connectivity index is 1.39. The average Bonchev–Trinajstić information content (AvgIpc) is 3.62. The summed E-state index contributed by atoms with van der Waals surface area (Å²) in [5.41, 5.74) is 3.45. The van der Waals surface area contributed by atoms with Crippen LogP contribution < -0.4 is 0 Å². The van der Waals surface area contributed by atoms with Crippen LogP contribution in [0.1, 0.15) is 22.4 Å². The quantitative estimate of drug-likeness (QED) is 0.210. The molecule has 43 heavy (non-hydrogen) atoms. The molecule has 0 amide bonds. The molecule has 218 valence electrons. The van der Waals surface area contributed by atoms with Crippen LogP contribution in [0, 0.1) is 6.92 Å². The van der Waals surface area contributed by atoms with Gasteiger partial charge in [0.15, 0.2) is 0 Å². The largest absolute Gasteiger partial charge is 0.268 e. The van der Waals surface area contributed by atoms with Gasteiger partial charge in [0.2, 0.25) is 10.0 Å². The molecule has 0 aliphatic heterocycles. The summed E-state index contributed by atoms with van der Waals surface area (Å²) in [5, 5.41) is 9.11. The lowest BCUT2D eigenvalue weighted by molar-refractivity contribution is 0.397. The number of hydrogen-bond acceptors (Lipinski definition) is 6. The summed E-state index contributed by atoms with van der Waals surface area (Å²) >= 11 is 0. The van der Waals surface area contributed by atoms with Crippen LogP contribution in [0.25, 0.3) is 10.9 Å². The molecule has 0 N–H and O–H groups in total. The lowest BCUT2D eigenvalue weighted by Gasteiger charge is -2.21. The number of rotatable bonds is 10. The summed E-state index contributed by atoms with van der Waals surface area (Å²) in [4.78, 5) is 0.275. The van der Waals surface area contributed by atoms with Crippen molar-refractivity contribution >= 4 is 30.9 Å². The van der Waals surface area contributed by atoms with E-state index in [0.717, 1.165) is 11.1 Å². The van der Waals surface area contributed by atoms with Gasteiger partial charge in [-0.15, -0.1) is 5.10 Å². The van der Waals surface area contributed by atoms with Gasteiger partial charge in [0.1, 0.15) is 0 Å². The van der Waals surface area contributed by atoms with Crippen molar-refractivity contribution in [2.45, 2.75) is 36.3 Å². The van der Waals surface area contributed by atoms with Gasteiger partial charge in [0.05, 0.1) is 40.3 Å². The molecule has 0 fully saturated rings. The highest BCUT2D eigenvalue weighted by Crippen LogP contribution is 2.29. The average molecular weight is 612 g/mol.